The molecule has 2 unspecified atom stereocenters. The average Bonchev–Trinajstić information content (AvgIpc) is 2.14. The Hall–Kier alpha value is -0.460. The highest BCUT2D eigenvalue weighted by molar-refractivity contribution is 5.22. The molecule has 99 valence electrons. The minimum Gasteiger partial charge on any atom is -0.386 e. The lowest BCUT2D eigenvalue weighted by molar-refractivity contribution is 0.0882. The van der Waals surface area contributed by atoms with Gasteiger partial charge < -0.3 is 5.32 Å². The fraction of sp³-hybridized carbons (Fsp3) is 0.824. The van der Waals surface area contributed by atoms with Gasteiger partial charge in [0.05, 0.1) is 0 Å². The van der Waals surface area contributed by atoms with Crippen molar-refractivity contribution in [3.05, 3.63) is 18.3 Å². The largest absolute Gasteiger partial charge is 0.386 e. The fourth-order valence-corrected chi connectivity index (χ4v) is 4.45. The third-order valence-corrected chi connectivity index (χ3v) is 6.27. The van der Waals surface area contributed by atoms with E-state index in [0.29, 0.717) is 0 Å². The highest BCUT2D eigenvalue weighted by Gasteiger charge is 2.44. The van der Waals surface area contributed by atoms with Crippen molar-refractivity contribution in [3.63, 3.8) is 0 Å². The van der Waals surface area contributed by atoms with Gasteiger partial charge in [0.1, 0.15) is 0 Å². The molecule has 3 aliphatic carbocycles. The molecule has 1 N–H and O–H groups in total. The fourth-order valence-electron chi connectivity index (χ4n) is 4.45. The summed E-state index contributed by atoms with van der Waals surface area (Å²) in [6.45, 7) is 2.45. The zero-order valence-electron chi connectivity index (χ0n) is 11.4. The van der Waals surface area contributed by atoms with Gasteiger partial charge in [-0.1, -0.05) is 32.1 Å². The van der Waals surface area contributed by atoms with Crippen molar-refractivity contribution in [2.45, 2.75) is 57.8 Å². The van der Waals surface area contributed by atoms with Gasteiger partial charge >= 0.3 is 0 Å². The molecule has 0 saturated heterocycles. The molecule has 0 bridgehead atoms. The number of allylic oxidation sites excluding steroid dienone is 1. The molecule has 4 aliphatic rings. The first kappa shape index (κ1) is 11.4. The van der Waals surface area contributed by atoms with Gasteiger partial charge in [0.15, 0.2) is 0 Å². The van der Waals surface area contributed by atoms with Crippen molar-refractivity contribution in [3.8, 4) is 0 Å². The van der Waals surface area contributed by atoms with Gasteiger partial charge in [0.2, 0.25) is 0 Å². The van der Waals surface area contributed by atoms with Crippen LogP contribution in [0.25, 0.3) is 0 Å². The third kappa shape index (κ3) is 1.73. The van der Waals surface area contributed by atoms with Crippen LogP contribution >= 0.6 is 0 Å². The Bertz CT molecular complexity index is 334. The number of nitrogens with one attached hydrogen (secondary N) is 1. The summed E-state index contributed by atoms with van der Waals surface area (Å²) in [6, 6.07) is 0. The van der Waals surface area contributed by atoms with Crippen LogP contribution in [0.2, 0.25) is 0 Å². The summed E-state index contributed by atoms with van der Waals surface area (Å²) >= 11 is 0. The van der Waals surface area contributed by atoms with Crippen molar-refractivity contribution >= 4 is 0 Å². The van der Waals surface area contributed by atoms with Gasteiger partial charge in [0.25, 0.3) is 0 Å². The summed E-state index contributed by atoms with van der Waals surface area (Å²) in [5.41, 5.74) is 1.82. The van der Waals surface area contributed by atoms with Gasteiger partial charge in [-0.15, -0.1) is 0 Å². The normalized spacial score (nSPS) is 38.1. The predicted octanol–water partition coefficient (Wildman–Crippen LogP) is 4.27. The van der Waals surface area contributed by atoms with E-state index in [-0.39, 0.29) is 0 Å². The SMILES string of the molecule is [CH]1NC=C(C2CCC2)C(C2CCC2)C1C1CCC1. The highest BCUT2D eigenvalue weighted by atomic mass is 14.9. The zero-order valence-corrected chi connectivity index (χ0v) is 11.4. The van der Waals surface area contributed by atoms with Gasteiger partial charge in [-0.05, 0) is 67.0 Å². The lowest BCUT2D eigenvalue weighted by Gasteiger charge is -2.50. The third-order valence-electron chi connectivity index (χ3n) is 6.27. The quantitative estimate of drug-likeness (QED) is 0.782. The summed E-state index contributed by atoms with van der Waals surface area (Å²) in [7, 11) is 0. The van der Waals surface area contributed by atoms with Crippen molar-refractivity contribution < 1.29 is 0 Å². The van der Waals surface area contributed by atoms with Crippen molar-refractivity contribution in [2.24, 2.45) is 29.6 Å². The molecule has 1 aliphatic heterocycles. The smallest absolute Gasteiger partial charge is 0.0496 e. The standard InChI is InChI=1S/C17H26N/c1-4-12(5-1)15-10-18-11-16(13-6-2-7-13)17(15)14-8-3-9-14/h10-15,17-18H,1-9H2. The monoisotopic (exact) mass is 244 g/mol. The van der Waals surface area contributed by atoms with Gasteiger partial charge in [-0.3, -0.25) is 0 Å². The molecule has 1 heteroatoms. The van der Waals surface area contributed by atoms with E-state index in [2.05, 4.69) is 18.1 Å². The Balaban J connectivity index is 1.57. The van der Waals surface area contributed by atoms with Gasteiger partial charge in [-0.2, -0.15) is 0 Å². The maximum absolute atomic E-state index is 3.53. The predicted molar refractivity (Wildman–Crippen MR) is 74.5 cm³/mol. The van der Waals surface area contributed by atoms with E-state index in [0.717, 1.165) is 29.6 Å². The van der Waals surface area contributed by atoms with Crippen molar-refractivity contribution in [2.75, 3.05) is 0 Å². The van der Waals surface area contributed by atoms with E-state index in [1.165, 1.54) is 57.8 Å². The lowest BCUT2D eigenvalue weighted by atomic mass is 9.57. The number of rotatable bonds is 3. The van der Waals surface area contributed by atoms with Crippen molar-refractivity contribution in [1.82, 2.24) is 5.32 Å². The van der Waals surface area contributed by atoms with Gasteiger partial charge in [-0.25, -0.2) is 0 Å². The Morgan fingerprint density at radius 2 is 1.50 bits per heavy atom. The van der Waals surface area contributed by atoms with Crippen LogP contribution < -0.4 is 5.32 Å². The molecular formula is C17H26N. The Morgan fingerprint density at radius 1 is 0.833 bits per heavy atom. The molecule has 0 aromatic carbocycles. The topological polar surface area (TPSA) is 12.0 Å². The summed E-state index contributed by atoms with van der Waals surface area (Å²) in [6.07, 6.45) is 15.8. The highest BCUT2D eigenvalue weighted by Crippen LogP contribution is 2.53. The zero-order chi connectivity index (χ0) is 11.9. The lowest BCUT2D eigenvalue weighted by Crippen LogP contribution is -2.43. The minimum atomic E-state index is 0.865. The first-order valence-electron chi connectivity index (χ1n) is 8.23. The molecular weight excluding hydrogens is 218 g/mol. The number of hydrogen-bond acceptors (Lipinski definition) is 1. The van der Waals surface area contributed by atoms with E-state index in [1.807, 2.05) is 5.57 Å². The molecule has 0 spiro atoms. The Kier molecular flexibility index (Phi) is 2.89. The Morgan fingerprint density at radius 3 is 2.00 bits per heavy atom. The maximum Gasteiger partial charge on any atom is 0.0496 e. The molecule has 1 radical (unpaired) electrons. The van der Waals surface area contributed by atoms with Crippen molar-refractivity contribution in [1.29, 1.82) is 0 Å². The molecule has 18 heavy (non-hydrogen) atoms. The van der Waals surface area contributed by atoms with E-state index >= 15 is 0 Å². The summed E-state index contributed by atoms with van der Waals surface area (Å²) in [4.78, 5) is 0. The molecule has 0 amide bonds. The minimum absolute atomic E-state index is 0.865. The molecule has 4 rings (SSSR count). The number of hydrogen-bond donors (Lipinski definition) is 1. The second-order valence-electron chi connectivity index (χ2n) is 7.09. The van der Waals surface area contributed by atoms with Crippen LogP contribution in [0.1, 0.15) is 57.8 Å². The summed E-state index contributed by atoms with van der Waals surface area (Å²) in [5.74, 6) is 4.77. The molecule has 0 aromatic heterocycles. The molecule has 3 fully saturated rings. The van der Waals surface area contributed by atoms with Crippen LogP contribution in [0, 0.1) is 36.1 Å². The first-order chi connectivity index (χ1) is 8.93. The average molecular weight is 244 g/mol. The van der Waals surface area contributed by atoms with E-state index in [4.69, 9.17) is 0 Å². The van der Waals surface area contributed by atoms with Crippen LogP contribution in [0.5, 0.6) is 0 Å². The van der Waals surface area contributed by atoms with Crippen LogP contribution in [0.4, 0.5) is 0 Å². The van der Waals surface area contributed by atoms with Crippen LogP contribution in [0.15, 0.2) is 11.8 Å². The second kappa shape index (κ2) is 4.58. The van der Waals surface area contributed by atoms with Crippen LogP contribution in [-0.4, -0.2) is 0 Å². The molecule has 3 saturated carbocycles. The van der Waals surface area contributed by atoms with Crippen LogP contribution in [0.3, 0.4) is 0 Å². The van der Waals surface area contributed by atoms with E-state index < -0.39 is 0 Å². The summed E-state index contributed by atoms with van der Waals surface area (Å²) < 4.78 is 0. The molecule has 1 heterocycles. The molecule has 1 nitrogen and oxygen atoms in total. The van der Waals surface area contributed by atoms with E-state index in [1.54, 1.807) is 0 Å². The molecule has 2 atom stereocenters. The van der Waals surface area contributed by atoms with E-state index in [9.17, 15) is 0 Å². The molecule has 0 aromatic rings. The van der Waals surface area contributed by atoms with Crippen LogP contribution in [-0.2, 0) is 0 Å². The second-order valence-corrected chi connectivity index (χ2v) is 7.09. The Labute approximate surface area is 111 Å². The summed E-state index contributed by atoms with van der Waals surface area (Å²) in [5, 5.41) is 3.53. The van der Waals surface area contributed by atoms with Gasteiger partial charge in [0, 0.05) is 6.54 Å². The first-order valence-corrected chi connectivity index (χ1v) is 8.23. The maximum atomic E-state index is 3.53.